The summed E-state index contributed by atoms with van der Waals surface area (Å²) >= 11 is 0. The molecule has 64 heavy (non-hydrogen) atoms. The van der Waals surface area contributed by atoms with Gasteiger partial charge in [0, 0.05) is 37.9 Å². The first-order chi connectivity index (χ1) is 29.9. The van der Waals surface area contributed by atoms with Crippen molar-refractivity contribution in [3.63, 3.8) is 0 Å². The number of hydrogen-bond acceptors (Lipinski definition) is 15. The molecule has 0 fully saturated rings. The third kappa shape index (κ3) is 12.9. The van der Waals surface area contributed by atoms with Gasteiger partial charge in [-0.2, -0.15) is 31.6 Å². The van der Waals surface area contributed by atoms with Crippen LogP contribution >= 0.6 is 0 Å². The van der Waals surface area contributed by atoms with Crippen molar-refractivity contribution in [3.8, 4) is 36.4 Å². The first-order valence-electron chi connectivity index (χ1n) is 20.0. The Morgan fingerprint density at radius 2 is 0.703 bits per heavy atom. The van der Waals surface area contributed by atoms with Crippen LogP contribution in [-0.4, -0.2) is 55.5 Å². The van der Waals surface area contributed by atoms with E-state index in [-0.39, 0.29) is 89.1 Å². The van der Waals surface area contributed by atoms with E-state index in [9.17, 15) is 60.3 Å². The molecule has 18 nitrogen and oxygen atoms in total. The van der Waals surface area contributed by atoms with E-state index in [0.717, 1.165) is 0 Å². The Morgan fingerprint density at radius 3 is 0.891 bits per heavy atom. The van der Waals surface area contributed by atoms with Gasteiger partial charge in [0.1, 0.15) is 73.0 Å². The zero-order valence-corrected chi connectivity index (χ0v) is 37.3. The fourth-order valence-corrected chi connectivity index (χ4v) is 7.79. The van der Waals surface area contributed by atoms with Gasteiger partial charge < -0.3 is 30.2 Å². The maximum Gasteiger partial charge on any atom is 0.349 e. The Balaban J connectivity index is 2.09. The molecule has 0 unspecified atom stereocenters. The second kappa shape index (κ2) is 20.8. The maximum absolute atomic E-state index is 13.7. The maximum atomic E-state index is 13.7. The van der Waals surface area contributed by atoms with Gasteiger partial charge in [0.2, 0.25) is 17.7 Å². The molecule has 0 spiro atoms. The van der Waals surface area contributed by atoms with Crippen LogP contribution in [0.25, 0.3) is 0 Å². The number of nitrogens with one attached hydrogen (secondary N) is 3. The van der Waals surface area contributed by atoms with E-state index in [4.69, 9.17) is 14.2 Å². The van der Waals surface area contributed by atoms with E-state index in [1.807, 2.05) is 59.8 Å². The van der Waals surface area contributed by atoms with Crippen molar-refractivity contribution < 1.29 is 43.0 Å². The normalized spacial score (nSPS) is 19.7. The van der Waals surface area contributed by atoms with Gasteiger partial charge in [0.15, 0.2) is 0 Å². The molecule has 0 heterocycles. The number of hydrogen-bond donors (Lipinski definition) is 3. The highest BCUT2D eigenvalue weighted by Gasteiger charge is 2.38. The molecule has 0 saturated carbocycles. The summed E-state index contributed by atoms with van der Waals surface area (Å²) in [5, 5.41) is 68.6. The van der Waals surface area contributed by atoms with Crippen LogP contribution in [0.3, 0.4) is 0 Å². The lowest BCUT2D eigenvalue weighted by Gasteiger charge is -2.33. The van der Waals surface area contributed by atoms with Crippen LogP contribution in [0.4, 0.5) is 0 Å². The van der Waals surface area contributed by atoms with Gasteiger partial charge in [0.05, 0.1) is 22.6 Å². The zero-order chi connectivity index (χ0) is 48.3. The molecule has 3 aliphatic rings. The van der Waals surface area contributed by atoms with Crippen molar-refractivity contribution in [3.05, 3.63) is 67.2 Å². The monoisotopic (exact) mass is 871 g/mol. The Hall–Kier alpha value is -7.80. The fourth-order valence-electron chi connectivity index (χ4n) is 7.79. The van der Waals surface area contributed by atoms with Crippen LogP contribution in [-0.2, 0) is 43.0 Å². The zero-order valence-electron chi connectivity index (χ0n) is 37.3. The minimum atomic E-state index is -1.24. The van der Waals surface area contributed by atoms with Crippen molar-refractivity contribution >= 4 is 35.6 Å². The number of carbonyl (C=O) groups excluding carboxylic acids is 6. The van der Waals surface area contributed by atoms with E-state index in [0.29, 0.717) is 0 Å². The summed E-state index contributed by atoms with van der Waals surface area (Å²) in [6.07, 6.45) is 0.984. The molecule has 0 bridgehead atoms. The molecule has 0 aromatic heterocycles. The van der Waals surface area contributed by atoms with Gasteiger partial charge in [-0.25, -0.2) is 14.4 Å². The highest BCUT2D eigenvalue weighted by atomic mass is 16.6. The predicted molar refractivity (Wildman–Crippen MR) is 223 cm³/mol. The number of nitriles is 6. The highest BCUT2D eigenvalue weighted by Crippen LogP contribution is 2.44. The quantitative estimate of drug-likeness (QED) is 0.102. The first kappa shape index (κ1) is 50.6. The van der Waals surface area contributed by atoms with Crippen molar-refractivity contribution in [2.45, 2.75) is 101 Å². The summed E-state index contributed by atoms with van der Waals surface area (Å²) in [5.74, 6) is -6.27. The first-order valence-corrected chi connectivity index (χ1v) is 20.0. The van der Waals surface area contributed by atoms with Crippen molar-refractivity contribution in [2.75, 3.05) is 19.8 Å². The largest absolute Gasteiger partial charge is 0.461 e. The van der Waals surface area contributed by atoms with Crippen LogP contribution in [0.5, 0.6) is 0 Å². The van der Waals surface area contributed by atoms with E-state index in [2.05, 4.69) is 16.0 Å². The molecule has 3 amide bonds. The minimum absolute atomic E-state index is 0.0192. The molecule has 0 aliphatic heterocycles. The molecular formula is C46H49N9O9. The van der Waals surface area contributed by atoms with Crippen LogP contribution in [0.1, 0.15) is 101 Å². The summed E-state index contributed by atoms with van der Waals surface area (Å²) in [5.41, 5.74) is -3.08. The van der Waals surface area contributed by atoms with Crippen LogP contribution in [0.2, 0.25) is 0 Å². The molecule has 0 radical (unpaired) electrons. The third-order valence-electron chi connectivity index (χ3n) is 10.3. The molecule has 0 saturated heterocycles. The predicted octanol–water partition coefficient (Wildman–Crippen LogP) is 4.89. The fraction of sp³-hybridized carbons (Fsp3) is 0.478. The average molecular weight is 872 g/mol. The number of allylic oxidation sites excluding steroid dienone is 9. The summed E-state index contributed by atoms with van der Waals surface area (Å²) in [7, 11) is 0. The van der Waals surface area contributed by atoms with Gasteiger partial charge in [-0.15, -0.1) is 0 Å². The molecular weight excluding hydrogens is 823 g/mol. The molecule has 3 N–H and O–H groups in total. The Bertz CT molecular complexity index is 2250. The lowest BCUT2D eigenvalue weighted by atomic mass is 9.73. The summed E-state index contributed by atoms with van der Waals surface area (Å²) in [6, 6.07) is 11.3. The lowest BCUT2D eigenvalue weighted by Crippen LogP contribution is -2.32. The van der Waals surface area contributed by atoms with Crippen molar-refractivity contribution in [1.82, 2.24) is 16.0 Å². The van der Waals surface area contributed by atoms with Gasteiger partial charge >= 0.3 is 17.9 Å². The number of ether oxygens (including phenoxy) is 3. The second-order valence-electron chi connectivity index (χ2n) is 18.1. The van der Waals surface area contributed by atoms with Crippen molar-refractivity contribution in [1.29, 1.82) is 31.6 Å². The summed E-state index contributed by atoms with van der Waals surface area (Å²) < 4.78 is 16.6. The van der Waals surface area contributed by atoms with E-state index < -0.39 is 94.3 Å². The van der Waals surface area contributed by atoms with Crippen LogP contribution in [0, 0.1) is 90.1 Å². The molecule has 18 heteroatoms. The molecule has 0 aromatic rings. The molecule has 3 aliphatic carbocycles. The second-order valence-corrected chi connectivity index (χ2v) is 18.1. The minimum Gasteiger partial charge on any atom is -0.461 e. The van der Waals surface area contributed by atoms with Gasteiger partial charge in [-0.3, -0.25) is 14.4 Å². The van der Waals surface area contributed by atoms with Gasteiger partial charge in [-0.1, -0.05) is 41.5 Å². The van der Waals surface area contributed by atoms with Crippen LogP contribution in [0.15, 0.2) is 67.2 Å². The molecule has 3 rings (SSSR count). The van der Waals surface area contributed by atoms with E-state index in [1.165, 1.54) is 20.8 Å². The molecule has 0 aromatic carbocycles. The number of amides is 3. The van der Waals surface area contributed by atoms with Crippen LogP contribution < -0.4 is 16.0 Å². The van der Waals surface area contributed by atoms with Gasteiger partial charge in [0.25, 0.3) is 0 Å². The van der Waals surface area contributed by atoms with E-state index >= 15 is 0 Å². The summed E-state index contributed by atoms with van der Waals surface area (Å²) in [4.78, 5) is 77.0. The Kier molecular flexibility index (Phi) is 16.5. The average Bonchev–Trinajstić information content (AvgIpc) is 3.16. The number of esters is 3. The van der Waals surface area contributed by atoms with E-state index in [1.54, 1.807) is 18.2 Å². The third-order valence-corrected chi connectivity index (χ3v) is 10.3. The lowest BCUT2D eigenvalue weighted by molar-refractivity contribution is -0.148. The SMILES string of the molecule is CC(=O)NC1=C(C#N)/C(=C(\C#N)C(=O)OCC(COC(=O)/C(C#N)=C2\CC(C)(C)CC(NC(C)=O)=C2C#N)COC(=O)/C(C#N)=C2\CC(C)(C)CC(NC(C)=O)=C2C#N)CC(C)(C)C1. The number of carbonyl (C=O) groups is 6. The smallest absolute Gasteiger partial charge is 0.349 e. The highest BCUT2D eigenvalue weighted by molar-refractivity contribution is 5.97. The number of nitrogens with zero attached hydrogens (tertiary/aromatic N) is 6. The van der Waals surface area contributed by atoms with Crippen molar-refractivity contribution in [2.24, 2.45) is 22.2 Å². The topological polar surface area (TPSA) is 309 Å². The Labute approximate surface area is 371 Å². The number of rotatable bonds is 12. The standard InChI is InChI=1S/C46H49N9O9/c1-25(56)53-38-13-44(4,5)10-29(32(38)16-47)35(19-50)41(59)62-22-28(23-63-42(60)36(20-51)30-11-45(6,7)14-39(33(30)17-48)54-26(2)57)24-64-43(61)37(21-52)31-12-46(8,9)15-40(34(31)18-49)55-27(3)58/h28H,10-15,22-24H2,1-9H3,(H,53,56)(H,54,57)(H,55,58)/b35-29+,36-30+,37-31+. The molecule has 332 valence electrons. The Morgan fingerprint density at radius 1 is 0.469 bits per heavy atom. The van der Waals surface area contributed by atoms with Gasteiger partial charge in [-0.05, 0) is 71.5 Å². The summed E-state index contributed by atoms with van der Waals surface area (Å²) in [6.45, 7) is 12.5. The molecule has 0 atom stereocenters.